The highest BCUT2D eigenvalue weighted by Gasteiger charge is 2.25. The molecule has 1 aliphatic heterocycles. The molecule has 152 valence electrons. The highest BCUT2D eigenvalue weighted by atomic mass is 16.6. The summed E-state index contributed by atoms with van der Waals surface area (Å²) in [5.74, 6) is -0.433. The van der Waals surface area contributed by atoms with Crippen molar-refractivity contribution in [1.29, 1.82) is 0 Å². The van der Waals surface area contributed by atoms with E-state index in [0.717, 1.165) is 11.4 Å². The van der Waals surface area contributed by atoms with Crippen molar-refractivity contribution >= 4 is 23.3 Å². The second-order valence-electron chi connectivity index (χ2n) is 6.42. The van der Waals surface area contributed by atoms with E-state index in [-0.39, 0.29) is 17.2 Å². The number of amides is 1. The topological polar surface area (TPSA) is 102 Å². The third-order valence-electron chi connectivity index (χ3n) is 4.72. The fraction of sp³-hybridized carbons (Fsp3) is 0.300. The predicted octanol–water partition coefficient (Wildman–Crippen LogP) is 2.11. The molecule has 0 unspecified atom stereocenters. The Balaban J connectivity index is 1.51. The molecule has 2 aromatic rings. The van der Waals surface area contributed by atoms with E-state index in [9.17, 15) is 19.7 Å². The number of anilines is 1. The Kier molecular flexibility index (Phi) is 6.28. The number of hydrogen-bond donors (Lipinski definition) is 0. The van der Waals surface area contributed by atoms with Crippen molar-refractivity contribution in [2.24, 2.45) is 0 Å². The van der Waals surface area contributed by atoms with Gasteiger partial charge in [-0.3, -0.25) is 14.9 Å². The summed E-state index contributed by atoms with van der Waals surface area (Å²) in [6, 6.07) is 13.2. The first kappa shape index (κ1) is 20.1. The molecule has 0 bridgehead atoms. The number of methoxy groups -OCH3 is 1. The second-order valence-corrected chi connectivity index (χ2v) is 6.42. The summed E-state index contributed by atoms with van der Waals surface area (Å²) in [7, 11) is 1.61. The SMILES string of the molecule is COc1ccc(N2CCN(C(=O)COC(=O)c3ccccc3[N+](=O)[O-])CC2)cc1. The van der Waals surface area contributed by atoms with Gasteiger partial charge in [0.2, 0.25) is 0 Å². The van der Waals surface area contributed by atoms with Crippen molar-refractivity contribution in [1.82, 2.24) is 4.90 Å². The molecule has 9 nitrogen and oxygen atoms in total. The number of hydrogen-bond acceptors (Lipinski definition) is 7. The maximum atomic E-state index is 12.4. The van der Waals surface area contributed by atoms with Crippen LogP contribution in [0.4, 0.5) is 11.4 Å². The zero-order valence-corrected chi connectivity index (χ0v) is 15.9. The number of rotatable bonds is 6. The van der Waals surface area contributed by atoms with Gasteiger partial charge in [0.25, 0.3) is 11.6 Å². The van der Waals surface area contributed by atoms with Gasteiger partial charge >= 0.3 is 5.97 Å². The Labute approximate surface area is 167 Å². The maximum absolute atomic E-state index is 12.4. The molecule has 29 heavy (non-hydrogen) atoms. The molecule has 0 spiro atoms. The minimum atomic E-state index is -0.887. The summed E-state index contributed by atoms with van der Waals surface area (Å²) in [6.07, 6.45) is 0. The lowest BCUT2D eigenvalue weighted by Crippen LogP contribution is -2.49. The standard InChI is InChI=1S/C20H21N3O6/c1-28-16-8-6-15(7-9-16)21-10-12-22(13-11-21)19(24)14-29-20(25)17-4-2-3-5-18(17)23(26)27/h2-9H,10-14H2,1H3. The number of benzene rings is 2. The number of nitrogens with zero attached hydrogens (tertiary/aromatic N) is 3. The highest BCUT2D eigenvalue weighted by molar-refractivity contribution is 5.95. The van der Waals surface area contributed by atoms with Gasteiger partial charge in [-0.25, -0.2) is 4.79 Å². The van der Waals surface area contributed by atoms with E-state index >= 15 is 0 Å². The molecule has 9 heteroatoms. The number of piperazine rings is 1. The number of para-hydroxylation sites is 1. The quantitative estimate of drug-likeness (QED) is 0.416. The highest BCUT2D eigenvalue weighted by Crippen LogP contribution is 2.21. The van der Waals surface area contributed by atoms with E-state index in [1.807, 2.05) is 24.3 Å². The first-order valence-corrected chi connectivity index (χ1v) is 9.07. The van der Waals surface area contributed by atoms with Gasteiger partial charge in [0.15, 0.2) is 6.61 Å². The molecule has 1 aliphatic rings. The number of carbonyl (C=O) groups is 2. The number of nitro groups is 1. The van der Waals surface area contributed by atoms with Crippen LogP contribution in [0, 0.1) is 10.1 Å². The molecule has 3 rings (SSSR count). The van der Waals surface area contributed by atoms with Crippen molar-refractivity contribution in [3.63, 3.8) is 0 Å². The molecule has 1 amide bonds. The van der Waals surface area contributed by atoms with Crippen LogP contribution >= 0.6 is 0 Å². The number of ether oxygens (including phenoxy) is 2. The van der Waals surface area contributed by atoms with Gasteiger partial charge in [0.1, 0.15) is 11.3 Å². The Bertz CT molecular complexity index is 891. The zero-order chi connectivity index (χ0) is 20.8. The third kappa shape index (κ3) is 4.81. The summed E-state index contributed by atoms with van der Waals surface area (Å²) in [4.78, 5) is 38.6. The molecular formula is C20H21N3O6. The van der Waals surface area contributed by atoms with E-state index in [1.165, 1.54) is 24.3 Å². The first-order chi connectivity index (χ1) is 14.0. The molecular weight excluding hydrogens is 378 g/mol. The van der Waals surface area contributed by atoms with Crippen LogP contribution in [-0.4, -0.2) is 61.6 Å². The smallest absolute Gasteiger partial charge is 0.345 e. The number of carbonyl (C=O) groups excluding carboxylic acids is 2. The minimum absolute atomic E-state index is 0.172. The van der Waals surface area contributed by atoms with Crippen molar-refractivity contribution < 1.29 is 24.0 Å². The van der Waals surface area contributed by atoms with Gasteiger partial charge in [0, 0.05) is 37.9 Å². The Hall–Kier alpha value is -3.62. The normalized spacial score (nSPS) is 13.7. The molecule has 0 radical (unpaired) electrons. The Morgan fingerprint density at radius 3 is 2.31 bits per heavy atom. The summed E-state index contributed by atoms with van der Waals surface area (Å²) >= 11 is 0. The lowest BCUT2D eigenvalue weighted by atomic mass is 10.2. The molecule has 0 aliphatic carbocycles. The van der Waals surface area contributed by atoms with Crippen LogP contribution in [0.1, 0.15) is 10.4 Å². The number of esters is 1. The predicted molar refractivity (Wildman–Crippen MR) is 105 cm³/mol. The first-order valence-electron chi connectivity index (χ1n) is 9.07. The molecule has 2 aromatic carbocycles. The van der Waals surface area contributed by atoms with Gasteiger partial charge in [0.05, 0.1) is 12.0 Å². The van der Waals surface area contributed by atoms with Crippen molar-refractivity contribution in [3.05, 3.63) is 64.2 Å². The average molecular weight is 399 g/mol. The monoisotopic (exact) mass is 399 g/mol. The van der Waals surface area contributed by atoms with Gasteiger partial charge in [-0.1, -0.05) is 12.1 Å². The third-order valence-corrected chi connectivity index (χ3v) is 4.72. The van der Waals surface area contributed by atoms with Crippen molar-refractivity contribution in [2.75, 3.05) is 44.8 Å². The van der Waals surface area contributed by atoms with E-state index in [2.05, 4.69) is 4.90 Å². The second kappa shape index (κ2) is 9.05. The van der Waals surface area contributed by atoms with Crippen LogP contribution in [0.15, 0.2) is 48.5 Å². The fourth-order valence-electron chi connectivity index (χ4n) is 3.11. The Morgan fingerprint density at radius 2 is 1.69 bits per heavy atom. The number of nitro benzene ring substituents is 1. The summed E-state index contributed by atoms with van der Waals surface area (Å²) in [5.41, 5.74) is 0.522. The van der Waals surface area contributed by atoms with Crippen molar-refractivity contribution in [2.45, 2.75) is 0 Å². The van der Waals surface area contributed by atoms with E-state index < -0.39 is 17.5 Å². The summed E-state index contributed by atoms with van der Waals surface area (Å²) < 4.78 is 10.2. The average Bonchev–Trinajstić information content (AvgIpc) is 2.77. The van der Waals surface area contributed by atoms with Gasteiger partial charge in [-0.2, -0.15) is 0 Å². The van der Waals surface area contributed by atoms with Crippen LogP contribution in [0.3, 0.4) is 0 Å². The van der Waals surface area contributed by atoms with Crippen LogP contribution in [0.5, 0.6) is 5.75 Å². The largest absolute Gasteiger partial charge is 0.497 e. The van der Waals surface area contributed by atoms with Crippen LogP contribution < -0.4 is 9.64 Å². The zero-order valence-electron chi connectivity index (χ0n) is 15.9. The van der Waals surface area contributed by atoms with E-state index in [4.69, 9.17) is 9.47 Å². The summed E-state index contributed by atoms with van der Waals surface area (Å²) in [6.45, 7) is 1.83. The fourth-order valence-corrected chi connectivity index (χ4v) is 3.11. The van der Waals surface area contributed by atoms with Gasteiger partial charge in [-0.05, 0) is 30.3 Å². The molecule has 0 aromatic heterocycles. The van der Waals surface area contributed by atoms with Gasteiger partial charge < -0.3 is 19.3 Å². The molecule has 1 saturated heterocycles. The molecule has 1 fully saturated rings. The summed E-state index contributed by atoms with van der Waals surface area (Å²) in [5, 5.41) is 11.0. The van der Waals surface area contributed by atoms with Gasteiger partial charge in [-0.15, -0.1) is 0 Å². The van der Waals surface area contributed by atoms with Crippen molar-refractivity contribution in [3.8, 4) is 5.75 Å². The minimum Gasteiger partial charge on any atom is -0.497 e. The molecule has 0 atom stereocenters. The Morgan fingerprint density at radius 1 is 1.03 bits per heavy atom. The molecule has 0 saturated carbocycles. The van der Waals surface area contributed by atoms with Crippen LogP contribution in [-0.2, 0) is 9.53 Å². The lowest BCUT2D eigenvalue weighted by molar-refractivity contribution is -0.385. The molecule has 1 heterocycles. The van der Waals surface area contributed by atoms with E-state index in [0.29, 0.717) is 26.2 Å². The van der Waals surface area contributed by atoms with Crippen LogP contribution in [0.25, 0.3) is 0 Å². The molecule has 0 N–H and O–H groups in total. The van der Waals surface area contributed by atoms with E-state index in [1.54, 1.807) is 12.0 Å². The lowest BCUT2D eigenvalue weighted by Gasteiger charge is -2.36. The maximum Gasteiger partial charge on any atom is 0.345 e. The van der Waals surface area contributed by atoms with Crippen LogP contribution in [0.2, 0.25) is 0 Å².